The number of hydrogen-bond acceptors (Lipinski definition) is 4. The molecule has 0 spiro atoms. The van der Waals surface area contributed by atoms with Crippen molar-refractivity contribution in [1.82, 2.24) is 14.8 Å². The van der Waals surface area contributed by atoms with Crippen LogP contribution in [0.3, 0.4) is 0 Å². The van der Waals surface area contributed by atoms with E-state index < -0.39 is 11.6 Å². The summed E-state index contributed by atoms with van der Waals surface area (Å²) in [5.74, 6) is -0.524. The van der Waals surface area contributed by atoms with Crippen LogP contribution in [0.25, 0.3) is 16.5 Å². The van der Waals surface area contributed by atoms with Gasteiger partial charge in [0.25, 0.3) is 5.91 Å². The Kier molecular flexibility index (Phi) is 3.74. The highest BCUT2D eigenvalue weighted by molar-refractivity contribution is 6.08. The lowest BCUT2D eigenvalue weighted by molar-refractivity contribution is 0.101. The summed E-state index contributed by atoms with van der Waals surface area (Å²) in [5.41, 5.74) is 0.568. The molecular weight excluding hydrogens is 332 g/mol. The number of nitrogens with one attached hydrogen (secondary N) is 2. The van der Waals surface area contributed by atoms with E-state index in [1.165, 1.54) is 0 Å². The Bertz CT molecular complexity index is 1160. The number of nitrogens with zero attached hydrogens (tertiary/aromatic N) is 2. The summed E-state index contributed by atoms with van der Waals surface area (Å²) in [6.07, 6.45) is 0. The molecule has 1 amide bonds. The molecule has 0 fully saturated rings. The van der Waals surface area contributed by atoms with Gasteiger partial charge in [0.2, 0.25) is 5.82 Å². The minimum Gasteiger partial charge on any atom is -0.507 e. The van der Waals surface area contributed by atoms with Crippen molar-refractivity contribution in [2.24, 2.45) is 0 Å². The predicted octanol–water partition coefficient (Wildman–Crippen LogP) is 2.67. The topological polar surface area (TPSA) is 100 Å². The Morgan fingerprint density at radius 3 is 2.50 bits per heavy atom. The fourth-order valence-corrected chi connectivity index (χ4v) is 2.75. The molecule has 4 aromatic rings. The lowest BCUT2D eigenvalue weighted by Gasteiger charge is -2.08. The van der Waals surface area contributed by atoms with Crippen molar-refractivity contribution in [3.8, 4) is 11.4 Å². The number of aromatic hydroxyl groups is 1. The maximum Gasteiger partial charge on any atom is 0.348 e. The Morgan fingerprint density at radius 1 is 0.962 bits per heavy atom. The van der Waals surface area contributed by atoms with Crippen LogP contribution in [0.5, 0.6) is 5.75 Å². The maximum absolute atomic E-state index is 12.5. The third-order valence-corrected chi connectivity index (χ3v) is 3.98. The molecule has 26 heavy (non-hydrogen) atoms. The minimum atomic E-state index is -0.548. The predicted molar refractivity (Wildman–Crippen MR) is 97.8 cm³/mol. The summed E-state index contributed by atoms with van der Waals surface area (Å²) in [6.45, 7) is 0. The van der Waals surface area contributed by atoms with E-state index >= 15 is 0 Å². The number of aromatic nitrogens is 3. The number of phenolic OH excluding ortho intramolecular Hbond substituents is 1. The van der Waals surface area contributed by atoms with Gasteiger partial charge in [-0.2, -0.15) is 4.68 Å². The Morgan fingerprint density at radius 2 is 1.69 bits per heavy atom. The van der Waals surface area contributed by atoms with Crippen molar-refractivity contribution in [3.05, 3.63) is 83.0 Å². The summed E-state index contributed by atoms with van der Waals surface area (Å²) in [4.78, 5) is 27.1. The summed E-state index contributed by atoms with van der Waals surface area (Å²) < 4.78 is 1.13. The molecule has 7 heteroatoms. The molecule has 0 aliphatic heterocycles. The number of rotatable bonds is 3. The zero-order chi connectivity index (χ0) is 18.1. The summed E-state index contributed by atoms with van der Waals surface area (Å²) >= 11 is 0. The van der Waals surface area contributed by atoms with Gasteiger partial charge in [-0.15, -0.1) is 5.10 Å². The highest BCUT2D eigenvalue weighted by Crippen LogP contribution is 2.29. The van der Waals surface area contributed by atoms with Crippen molar-refractivity contribution < 1.29 is 9.90 Å². The Balaban J connectivity index is 1.68. The van der Waals surface area contributed by atoms with Gasteiger partial charge >= 0.3 is 5.69 Å². The standard InChI is InChI=1S/C19H14N4O3/c24-16-11-5-8-13-14(16)9-4-10-15(13)20-18(25)17-21-19(26)23(22-17)12-6-2-1-3-7-12/h1-11,24H,(H,20,25)(H,21,22,26). The molecular formula is C19H14N4O3. The van der Waals surface area contributed by atoms with E-state index in [4.69, 9.17) is 0 Å². The van der Waals surface area contributed by atoms with Crippen LogP contribution in [0.4, 0.5) is 5.69 Å². The number of aromatic amines is 1. The van der Waals surface area contributed by atoms with Crippen LogP contribution in [-0.4, -0.2) is 25.8 Å². The number of carbonyl (C=O) groups excluding carboxylic acids is 1. The Hall–Kier alpha value is -3.87. The van der Waals surface area contributed by atoms with Crippen molar-refractivity contribution in [2.45, 2.75) is 0 Å². The van der Waals surface area contributed by atoms with E-state index in [-0.39, 0.29) is 11.6 Å². The number of anilines is 1. The van der Waals surface area contributed by atoms with Gasteiger partial charge in [0, 0.05) is 16.5 Å². The summed E-state index contributed by atoms with van der Waals surface area (Å²) in [5, 5.41) is 18.0. The summed E-state index contributed by atoms with van der Waals surface area (Å²) in [7, 11) is 0. The third kappa shape index (κ3) is 2.71. The monoisotopic (exact) mass is 346 g/mol. The van der Waals surface area contributed by atoms with Crippen molar-refractivity contribution in [3.63, 3.8) is 0 Å². The number of amides is 1. The molecule has 0 saturated carbocycles. The van der Waals surface area contributed by atoms with E-state index in [2.05, 4.69) is 15.4 Å². The highest BCUT2D eigenvalue weighted by atomic mass is 16.3. The van der Waals surface area contributed by atoms with E-state index in [0.29, 0.717) is 22.1 Å². The number of fused-ring (bicyclic) bond motifs is 1. The average Bonchev–Trinajstić information content (AvgIpc) is 3.05. The normalized spacial score (nSPS) is 10.8. The first-order chi connectivity index (χ1) is 12.6. The largest absolute Gasteiger partial charge is 0.507 e. The molecule has 4 rings (SSSR count). The number of carbonyl (C=O) groups is 1. The van der Waals surface area contributed by atoms with Crippen LogP contribution >= 0.6 is 0 Å². The van der Waals surface area contributed by atoms with Crippen LogP contribution in [0.2, 0.25) is 0 Å². The average molecular weight is 346 g/mol. The molecule has 1 aromatic heterocycles. The van der Waals surface area contributed by atoms with Gasteiger partial charge in [-0.1, -0.05) is 42.5 Å². The first-order valence-corrected chi connectivity index (χ1v) is 7.90. The number of para-hydroxylation sites is 1. The number of H-pyrrole nitrogens is 1. The van der Waals surface area contributed by atoms with E-state index in [0.717, 1.165) is 4.68 Å². The van der Waals surface area contributed by atoms with Gasteiger partial charge in [0.15, 0.2) is 0 Å². The summed E-state index contributed by atoms with van der Waals surface area (Å²) in [6, 6.07) is 19.1. The zero-order valence-electron chi connectivity index (χ0n) is 13.5. The van der Waals surface area contributed by atoms with Gasteiger partial charge in [-0.25, -0.2) is 4.79 Å². The SMILES string of the molecule is O=C(Nc1cccc2c(O)cccc12)c1nn(-c2ccccc2)c(=O)[nH]1. The highest BCUT2D eigenvalue weighted by Gasteiger charge is 2.15. The molecule has 0 atom stereocenters. The van der Waals surface area contributed by atoms with Gasteiger partial charge in [-0.3, -0.25) is 9.78 Å². The molecule has 128 valence electrons. The second-order valence-electron chi connectivity index (χ2n) is 5.66. The first kappa shape index (κ1) is 15.6. The van der Waals surface area contributed by atoms with Crippen LogP contribution < -0.4 is 11.0 Å². The van der Waals surface area contributed by atoms with E-state index in [9.17, 15) is 14.7 Å². The second kappa shape index (κ2) is 6.21. The lowest BCUT2D eigenvalue weighted by atomic mass is 10.1. The maximum atomic E-state index is 12.5. The van der Waals surface area contributed by atoms with Crippen LogP contribution in [-0.2, 0) is 0 Å². The molecule has 0 bridgehead atoms. The number of benzene rings is 3. The van der Waals surface area contributed by atoms with Crippen molar-refractivity contribution in [2.75, 3.05) is 5.32 Å². The molecule has 1 heterocycles. The quantitative estimate of drug-likeness (QED) is 0.531. The molecule has 7 nitrogen and oxygen atoms in total. The third-order valence-electron chi connectivity index (χ3n) is 3.98. The lowest BCUT2D eigenvalue weighted by Crippen LogP contribution is -2.15. The molecule has 3 aromatic carbocycles. The van der Waals surface area contributed by atoms with E-state index in [1.807, 2.05) is 6.07 Å². The van der Waals surface area contributed by atoms with Crippen LogP contribution in [0, 0.1) is 0 Å². The van der Waals surface area contributed by atoms with Crippen LogP contribution in [0.15, 0.2) is 71.5 Å². The first-order valence-electron chi connectivity index (χ1n) is 7.90. The second-order valence-corrected chi connectivity index (χ2v) is 5.66. The van der Waals surface area contributed by atoms with E-state index in [1.54, 1.807) is 60.7 Å². The van der Waals surface area contributed by atoms with Crippen molar-refractivity contribution in [1.29, 1.82) is 0 Å². The van der Waals surface area contributed by atoms with Gasteiger partial charge in [-0.05, 0) is 24.3 Å². The Labute approximate surface area is 147 Å². The van der Waals surface area contributed by atoms with Crippen LogP contribution in [0.1, 0.15) is 10.6 Å². The minimum absolute atomic E-state index is 0.101. The molecule has 0 unspecified atom stereocenters. The fraction of sp³-hybridized carbons (Fsp3) is 0. The van der Waals surface area contributed by atoms with Crippen molar-refractivity contribution >= 4 is 22.4 Å². The smallest absolute Gasteiger partial charge is 0.348 e. The molecule has 0 radical (unpaired) electrons. The molecule has 3 N–H and O–H groups in total. The zero-order valence-corrected chi connectivity index (χ0v) is 13.5. The van der Waals surface area contributed by atoms with Gasteiger partial charge < -0.3 is 10.4 Å². The van der Waals surface area contributed by atoms with Gasteiger partial charge in [0.05, 0.1) is 5.69 Å². The molecule has 0 aliphatic rings. The molecule has 0 saturated heterocycles. The number of phenols is 1. The fourth-order valence-electron chi connectivity index (χ4n) is 2.75. The number of hydrogen-bond donors (Lipinski definition) is 3. The molecule has 0 aliphatic carbocycles. The van der Waals surface area contributed by atoms with Gasteiger partial charge in [0.1, 0.15) is 5.75 Å².